The van der Waals surface area contributed by atoms with Gasteiger partial charge in [-0.25, -0.2) is 4.68 Å². The van der Waals surface area contributed by atoms with Gasteiger partial charge in [-0.05, 0) is 23.8 Å². The van der Waals surface area contributed by atoms with Gasteiger partial charge in [-0.3, -0.25) is 9.78 Å². The zero-order chi connectivity index (χ0) is 15.6. The minimum absolute atomic E-state index is 0.0136. The smallest absolute Gasteiger partial charge is 0.235 e. The van der Waals surface area contributed by atoms with Crippen LogP contribution in [0.2, 0.25) is 0 Å². The van der Waals surface area contributed by atoms with Gasteiger partial charge < -0.3 is 5.32 Å². The van der Waals surface area contributed by atoms with Crippen LogP contribution in [0.1, 0.15) is 16.4 Å². The molecule has 5 nitrogen and oxygen atoms in total. The van der Waals surface area contributed by atoms with Crippen molar-refractivity contribution in [3.8, 4) is 5.69 Å². The normalized spacial score (nSPS) is 17.2. The quantitative estimate of drug-likeness (QED) is 0.788. The van der Waals surface area contributed by atoms with Gasteiger partial charge in [0.15, 0.2) is 0 Å². The number of fused-ring (bicyclic) bond motifs is 1. The molecule has 3 aromatic rings. The number of thioether (sulfide) groups is 1. The van der Waals surface area contributed by atoms with E-state index in [0.29, 0.717) is 5.75 Å². The number of hydrogen-bond acceptors (Lipinski definition) is 4. The number of benzene rings is 1. The Kier molecular flexibility index (Phi) is 3.59. The number of rotatable bonds is 2. The second kappa shape index (κ2) is 5.89. The molecule has 0 saturated carbocycles. The third-order valence-corrected chi connectivity index (χ3v) is 5.00. The summed E-state index contributed by atoms with van der Waals surface area (Å²) in [6, 6.07) is 13.7. The number of anilines is 1. The molecule has 1 N–H and O–H groups in total. The van der Waals surface area contributed by atoms with E-state index < -0.39 is 0 Å². The summed E-state index contributed by atoms with van der Waals surface area (Å²) < 4.78 is 1.78. The van der Waals surface area contributed by atoms with Crippen LogP contribution in [0, 0.1) is 0 Å². The van der Waals surface area contributed by atoms with Crippen molar-refractivity contribution in [3.05, 3.63) is 72.2 Å². The van der Waals surface area contributed by atoms with Crippen molar-refractivity contribution in [2.24, 2.45) is 0 Å². The van der Waals surface area contributed by atoms with Gasteiger partial charge in [-0.15, -0.1) is 11.8 Å². The molecule has 1 atom stereocenters. The van der Waals surface area contributed by atoms with Gasteiger partial charge in [-0.2, -0.15) is 5.10 Å². The second-order valence-corrected chi connectivity index (χ2v) is 6.31. The standard InChI is InChI=1S/C17H14N4OS/c22-15-11-23-16(12-5-4-8-18-9-12)14-10-19-21(17(14)20-15)13-6-2-1-3-7-13/h1-10,16H,11H2,(H,20,22)/t16-/m1/s1. The fourth-order valence-corrected chi connectivity index (χ4v) is 3.74. The van der Waals surface area contributed by atoms with Crippen molar-refractivity contribution in [1.82, 2.24) is 14.8 Å². The number of nitrogens with zero attached hydrogens (tertiary/aromatic N) is 3. The highest BCUT2D eigenvalue weighted by molar-refractivity contribution is 8.00. The van der Waals surface area contributed by atoms with Gasteiger partial charge in [0.2, 0.25) is 5.91 Å². The largest absolute Gasteiger partial charge is 0.310 e. The molecule has 0 saturated heterocycles. The maximum atomic E-state index is 12.1. The molecule has 0 unspecified atom stereocenters. The third kappa shape index (κ3) is 2.61. The molecular weight excluding hydrogens is 308 g/mol. The molecule has 6 heteroatoms. The monoisotopic (exact) mass is 322 g/mol. The molecular formula is C17H14N4OS. The molecule has 3 heterocycles. The molecule has 1 amide bonds. The summed E-state index contributed by atoms with van der Waals surface area (Å²) in [5.74, 6) is 1.13. The maximum Gasteiger partial charge on any atom is 0.235 e. The third-order valence-electron chi connectivity index (χ3n) is 3.71. The Hall–Kier alpha value is -2.60. The Morgan fingerprint density at radius 1 is 1.13 bits per heavy atom. The lowest BCUT2D eigenvalue weighted by Gasteiger charge is -2.13. The van der Waals surface area contributed by atoms with Crippen LogP contribution in [0.25, 0.3) is 5.69 Å². The summed E-state index contributed by atoms with van der Waals surface area (Å²) >= 11 is 1.59. The lowest BCUT2D eigenvalue weighted by Crippen LogP contribution is -2.15. The molecule has 114 valence electrons. The summed E-state index contributed by atoms with van der Waals surface area (Å²) in [5.41, 5.74) is 2.99. The lowest BCUT2D eigenvalue weighted by atomic mass is 10.1. The van der Waals surface area contributed by atoms with Crippen LogP contribution in [0.15, 0.2) is 61.1 Å². The van der Waals surface area contributed by atoms with E-state index in [1.165, 1.54) is 0 Å². The average Bonchev–Trinajstić information content (AvgIpc) is 2.92. The van der Waals surface area contributed by atoms with Crippen LogP contribution in [0.5, 0.6) is 0 Å². The molecule has 0 spiro atoms. The van der Waals surface area contributed by atoms with Crippen LogP contribution < -0.4 is 5.32 Å². The zero-order valence-corrected chi connectivity index (χ0v) is 13.0. The average molecular weight is 322 g/mol. The molecule has 4 rings (SSSR count). The Labute approximate surface area is 137 Å². The Balaban J connectivity index is 1.84. The van der Waals surface area contributed by atoms with Gasteiger partial charge in [0, 0.05) is 18.0 Å². The van der Waals surface area contributed by atoms with E-state index in [0.717, 1.165) is 22.6 Å². The van der Waals surface area contributed by atoms with Gasteiger partial charge >= 0.3 is 0 Å². The first-order valence-electron chi connectivity index (χ1n) is 7.27. The molecule has 23 heavy (non-hydrogen) atoms. The molecule has 0 aliphatic carbocycles. The first-order chi connectivity index (χ1) is 11.3. The summed E-state index contributed by atoms with van der Waals surface area (Å²) in [5, 5.41) is 7.51. The van der Waals surface area contributed by atoms with E-state index in [9.17, 15) is 4.79 Å². The number of carbonyl (C=O) groups is 1. The highest BCUT2D eigenvalue weighted by atomic mass is 32.2. The molecule has 2 aromatic heterocycles. The minimum Gasteiger partial charge on any atom is -0.310 e. The van der Waals surface area contributed by atoms with Crippen molar-refractivity contribution in [3.63, 3.8) is 0 Å². The summed E-state index contributed by atoms with van der Waals surface area (Å²) in [7, 11) is 0. The highest BCUT2D eigenvalue weighted by Crippen LogP contribution is 2.41. The lowest BCUT2D eigenvalue weighted by molar-refractivity contribution is -0.113. The van der Waals surface area contributed by atoms with Crippen LogP contribution >= 0.6 is 11.8 Å². The van der Waals surface area contributed by atoms with Crippen LogP contribution in [0.4, 0.5) is 5.82 Å². The molecule has 0 bridgehead atoms. The van der Waals surface area contributed by atoms with Crippen molar-refractivity contribution < 1.29 is 4.79 Å². The van der Waals surface area contributed by atoms with Crippen molar-refractivity contribution >= 4 is 23.5 Å². The maximum absolute atomic E-state index is 12.1. The van der Waals surface area contributed by atoms with Crippen molar-refractivity contribution in [1.29, 1.82) is 0 Å². The van der Waals surface area contributed by atoms with Crippen molar-refractivity contribution in [2.75, 3.05) is 11.1 Å². The fourth-order valence-electron chi connectivity index (χ4n) is 2.67. The van der Waals surface area contributed by atoms with E-state index in [-0.39, 0.29) is 11.2 Å². The fraction of sp³-hybridized carbons (Fsp3) is 0.118. The van der Waals surface area contributed by atoms with Crippen molar-refractivity contribution in [2.45, 2.75) is 5.25 Å². The molecule has 1 aromatic carbocycles. The van der Waals surface area contributed by atoms with E-state index in [1.807, 2.05) is 54.9 Å². The van der Waals surface area contributed by atoms with E-state index in [4.69, 9.17) is 0 Å². The number of carbonyl (C=O) groups excluding carboxylic acids is 1. The SMILES string of the molecule is O=C1CS[C@H](c2cccnc2)c2cnn(-c3ccccc3)c2N1. The second-order valence-electron chi connectivity index (χ2n) is 5.22. The zero-order valence-electron chi connectivity index (χ0n) is 12.2. The molecule has 1 aliphatic heterocycles. The first-order valence-corrected chi connectivity index (χ1v) is 8.32. The Morgan fingerprint density at radius 2 is 2.00 bits per heavy atom. The number of nitrogens with one attached hydrogen (secondary N) is 1. The van der Waals surface area contributed by atoms with Gasteiger partial charge in [0.25, 0.3) is 0 Å². The van der Waals surface area contributed by atoms with Gasteiger partial charge in [-0.1, -0.05) is 24.3 Å². The first kappa shape index (κ1) is 14.0. The number of aromatic nitrogens is 3. The van der Waals surface area contributed by atoms with Gasteiger partial charge in [0.1, 0.15) is 5.82 Å². The minimum atomic E-state index is -0.0136. The van der Waals surface area contributed by atoms with Crippen LogP contribution in [0.3, 0.4) is 0 Å². The summed E-state index contributed by atoms with van der Waals surface area (Å²) in [6.45, 7) is 0. The van der Waals surface area contributed by atoms with Crippen LogP contribution in [-0.4, -0.2) is 26.4 Å². The predicted molar refractivity (Wildman–Crippen MR) is 90.7 cm³/mol. The Bertz CT molecular complexity index is 832. The number of hydrogen-bond donors (Lipinski definition) is 1. The number of para-hydroxylation sites is 1. The summed E-state index contributed by atoms with van der Waals surface area (Å²) in [4.78, 5) is 16.3. The van der Waals surface area contributed by atoms with E-state index in [2.05, 4.69) is 15.4 Å². The number of pyridine rings is 1. The molecule has 1 aliphatic rings. The predicted octanol–water partition coefficient (Wildman–Crippen LogP) is 3.04. The summed E-state index contributed by atoms with van der Waals surface area (Å²) in [6.07, 6.45) is 5.43. The number of amides is 1. The molecule has 0 fully saturated rings. The van der Waals surface area contributed by atoms with Gasteiger partial charge in [0.05, 0.1) is 22.9 Å². The molecule has 0 radical (unpaired) electrons. The van der Waals surface area contributed by atoms with E-state index in [1.54, 1.807) is 22.6 Å². The highest BCUT2D eigenvalue weighted by Gasteiger charge is 2.28. The topological polar surface area (TPSA) is 59.8 Å². The Morgan fingerprint density at radius 3 is 2.78 bits per heavy atom. The van der Waals surface area contributed by atoms with Crippen LogP contribution in [-0.2, 0) is 4.79 Å². The van der Waals surface area contributed by atoms with E-state index >= 15 is 0 Å².